The van der Waals surface area contributed by atoms with E-state index in [2.05, 4.69) is 49.6 Å². The molecule has 1 aliphatic heterocycles. The number of carbonyl (C=O) groups is 2. The zero-order valence-corrected chi connectivity index (χ0v) is 23.6. The van der Waals surface area contributed by atoms with E-state index in [4.69, 9.17) is 15.6 Å². The summed E-state index contributed by atoms with van der Waals surface area (Å²) in [5.74, 6) is 0.387. The van der Waals surface area contributed by atoms with Gasteiger partial charge in [-0.15, -0.1) is 0 Å². The highest BCUT2D eigenvalue weighted by molar-refractivity contribution is 6.04. The maximum Gasteiger partial charge on any atom is 0.255 e. The van der Waals surface area contributed by atoms with Crippen molar-refractivity contribution >= 4 is 23.3 Å². The number of ether oxygens (including phenoxy) is 1. The molecule has 3 aromatic carbocycles. The summed E-state index contributed by atoms with van der Waals surface area (Å²) in [5.41, 5.74) is 13.4. The van der Waals surface area contributed by atoms with Crippen molar-refractivity contribution < 1.29 is 14.3 Å². The van der Waals surface area contributed by atoms with Crippen molar-refractivity contribution in [2.24, 2.45) is 5.73 Å². The number of aryl methyl sites for hydroxylation is 3. The summed E-state index contributed by atoms with van der Waals surface area (Å²) < 4.78 is 7.17. The molecule has 0 saturated carbocycles. The molecule has 0 bridgehead atoms. The number of primary amides is 1. The van der Waals surface area contributed by atoms with Gasteiger partial charge in [-0.3, -0.25) is 9.59 Å². The molecular formula is C32H35N5O3. The number of anilines is 2. The Morgan fingerprint density at radius 2 is 1.82 bits per heavy atom. The number of rotatable bonds is 6. The third-order valence-electron chi connectivity index (χ3n) is 7.30. The fourth-order valence-corrected chi connectivity index (χ4v) is 4.99. The first-order valence-electron chi connectivity index (χ1n) is 13.4. The van der Waals surface area contributed by atoms with E-state index in [1.54, 1.807) is 19.2 Å². The van der Waals surface area contributed by atoms with Crippen LogP contribution in [0.5, 0.6) is 5.75 Å². The molecular weight excluding hydrogens is 502 g/mol. The summed E-state index contributed by atoms with van der Waals surface area (Å²) in [7, 11) is 1.55. The number of nitrogens with zero attached hydrogens (tertiary/aromatic N) is 2. The maximum absolute atomic E-state index is 12.8. The van der Waals surface area contributed by atoms with Crippen molar-refractivity contribution in [1.82, 2.24) is 15.1 Å². The average molecular weight is 538 g/mol. The number of benzene rings is 3. The first-order chi connectivity index (χ1) is 19.0. The Morgan fingerprint density at radius 1 is 1.07 bits per heavy atom. The SMILES string of the molecule is COc1ccc(C)cc1C(=O)NCc1ccc(-c2nn3c(c2C(N)=O)Nc2ccc(C(C)(C)C)cc2CC3)cc1. The molecule has 2 heterocycles. The first-order valence-corrected chi connectivity index (χ1v) is 13.4. The second kappa shape index (κ2) is 10.5. The average Bonchev–Trinajstić information content (AvgIpc) is 3.19. The van der Waals surface area contributed by atoms with Crippen LogP contribution in [0.25, 0.3) is 11.3 Å². The minimum atomic E-state index is -0.540. The second-order valence-electron chi connectivity index (χ2n) is 11.2. The molecule has 0 atom stereocenters. The Labute approximate surface area is 234 Å². The largest absolute Gasteiger partial charge is 0.496 e. The van der Waals surface area contributed by atoms with Crippen LogP contribution in [0.15, 0.2) is 60.7 Å². The molecule has 40 heavy (non-hydrogen) atoms. The quantitative estimate of drug-likeness (QED) is 0.301. The Morgan fingerprint density at radius 3 is 2.50 bits per heavy atom. The monoisotopic (exact) mass is 537 g/mol. The van der Waals surface area contributed by atoms with Crippen molar-refractivity contribution in [1.29, 1.82) is 0 Å². The lowest BCUT2D eigenvalue weighted by Gasteiger charge is -2.21. The predicted octanol–water partition coefficient (Wildman–Crippen LogP) is 5.49. The molecule has 8 heteroatoms. The van der Waals surface area contributed by atoms with E-state index in [0.717, 1.165) is 28.8 Å². The number of aromatic nitrogens is 2. The normalized spacial score (nSPS) is 12.5. The van der Waals surface area contributed by atoms with Gasteiger partial charge in [0.25, 0.3) is 11.8 Å². The predicted molar refractivity (Wildman–Crippen MR) is 157 cm³/mol. The Hall–Kier alpha value is -4.59. The molecule has 4 N–H and O–H groups in total. The lowest BCUT2D eigenvalue weighted by molar-refractivity contribution is 0.0946. The number of fused-ring (bicyclic) bond motifs is 2. The second-order valence-corrected chi connectivity index (χ2v) is 11.2. The molecule has 0 spiro atoms. The van der Waals surface area contributed by atoms with Crippen LogP contribution in [0, 0.1) is 6.92 Å². The standard InChI is InChI=1S/C32H35N5O3/c1-19-6-13-26(40-5)24(16-19)31(39)34-18-20-7-9-21(10-8-20)28-27(29(33)38)30-35-25-12-11-23(32(2,3)4)17-22(25)14-15-37(30)36-28/h6-13,16-17,35H,14-15,18H2,1-5H3,(H2,33,38)(H,34,39). The van der Waals surface area contributed by atoms with Gasteiger partial charge in [0.2, 0.25) is 0 Å². The van der Waals surface area contributed by atoms with Crippen LogP contribution in [0.4, 0.5) is 11.5 Å². The summed E-state index contributed by atoms with van der Waals surface area (Å²) in [6.45, 7) is 9.48. The van der Waals surface area contributed by atoms with Crippen LogP contribution in [-0.2, 0) is 24.9 Å². The molecule has 2 amide bonds. The first kappa shape index (κ1) is 27.0. The zero-order chi connectivity index (χ0) is 28.6. The van der Waals surface area contributed by atoms with Crippen molar-refractivity contribution in [3.63, 3.8) is 0 Å². The summed E-state index contributed by atoms with van der Waals surface area (Å²) in [6.07, 6.45) is 0.781. The Bertz CT molecular complexity index is 1600. The van der Waals surface area contributed by atoms with Gasteiger partial charge in [-0.1, -0.05) is 68.8 Å². The van der Waals surface area contributed by atoms with Crippen molar-refractivity contribution in [3.05, 3.63) is 94.0 Å². The van der Waals surface area contributed by atoms with Crippen LogP contribution in [0.3, 0.4) is 0 Å². The van der Waals surface area contributed by atoms with E-state index in [-0.39, 0.29) is 11.3 Å². The molecule has 8 nitrogen and oxygen atoms in total. The van der Waals surface area contributed by atoms with Crippen LogP contribution in [0.1, 0.15) is 63.7 Å². The van der Waals surface area contributed by atoms with Crippen LogP contribution < -0.4 is 21.1 Å². The molecule has 1 aromatic heterocycles. The maximum atomic E-state index is 12.8. The van der Waals surface area contributed by atoms with E-state index in [0.29, 0.717) is 41.5 Å². The number of carbonyl (C=O) groups excluding carboxylic acids is 2. The smallest absolute Gasteiger partial charge is 0.255 e. The van der Waals surface area contributed by atoms with Gasteiger partial charge in [-0.25, -0.2) is 4.68 Å². The number of methoxy groups -OCH3 is 1. The lowest BCUT2D eigenvalue weighted by Crippen LogP contribution is -2.23. The van der Waals surface area contributed by atoms with Gasteiger partial charge in [0.05, 0.1) is 12.7 Å². The highest BCUT2D eigenvalue weighted by atomic mass is 16.5. The van der Waals surface area contributed by atoms with E-state index < -0.39 is 5.91 Å². The van der Waals surface area contributed by atoms with Gasteiger partial charge < -0.3 is 21.1 Å². The zero-order valence-electron chi connectivity index (χ0n) is 23.6. The summed E-state index contributed by atoms with van der Waals surface area (Å²) in [5, 5.41) is 11.2. The topological polar surface area (TPSA) is 111 Å². The fraction of sp³-hybridized carbons (Fsp3) is 0.281. The van der Waals surface area contributed by atoms with Crippen molar-refractivity contribution in [2.45, 2.75) is 52.6 Å². The molecule has 206 valence electrons. The molecule has 0 aliphatic carbocycles. The molecule has 1 aliphatic rings. The van der Waals surface area contributed by atoms with Crippen LogP contribution >= 0.6 is 0 Å². The number of nitrogens with one attached hydrogen (secondary N) is 2. The highest BCUT2D eigenvalue weighted by Crippen LogP contribution is 2.36. The van der Waals surface area contributed by atoms with Crippen LogP contribution in [-0.4, -0.2) is 28.7 Å². The van der Waals surface area contributed by atoms with Gasteiger partial charge in [0.1, 0.15) is 22.8 Å². The summed E-state index contributed by atoms with van der Waals surface area (Å²) >= 11 is 0. The van der Waals surface area contributed by atoms with Gasteiger partial charge >= 0.3 is 0 Å². The highest BCUT2D eigenvalue weighted by Gasteiger charge is 2.26. The Balaban J connectivity index is 1.37. The van der Waals surface area contributed by atoms with E-state index in [9.17, 15) is 9.59 Å². The lowest BCUT2D eigenvalue weighted by atomic mass is 9.85. The van der Waals surface area contributed by atoms with Crippen molar-refractivity contribution in [3.8, 4) is 17.0 Å². The fourth-order valence-electron chi connectivity index (χ4n) is 4.99. The van der Waals surface area contributed by atoms with E-state index in [1.807, 2.05) is 41.9 Å². The minimum absolute atomic E-state index is 0.0445. The third kappa shape index (κ3) is 5.30. The van der Waals surface area contributed by atoms with E-state index in [1.165, 1.54) is 11.1 Å². The molecule has 0 unspecified atom stereocenters. The molecule has 5 rings (SSSR count). The van der Waals surface area contributed by atoms with Gasteiger partial charge in [0.15, 0.2) is 0 Å². The minimum Gasteiger partial charge on any atom is -0.496 e. The number of amides is 2. The van der Waals surface area contributed by atoms with Gasteiger partial charge in [-0.2, -0.15) is 5.10 Å². The number of hydrogen-bond acceptors (Lipinski definition) is 5. The Kier molecular flexibility index (Phi) is 7.10. The van der Waals surface area contributed by atoms with Gasteiger partial charge in [-0.05, 0) is 53.6 Å². The molecule has 4 aromatic rings. The summed E-state index contributed by atoms with van der Waals surface area (Å²) in [6, 6.07) is 19.5. The van der Waals surface area contributed by atoms with Crippen LogP contribution in [0.2, 0.25) is 0 Å². The third-order valence-corrected chi connectivity index (χ3v) is 7.30. The molecule has 0 saturated heterocycles. The summed E-state index contributed by atoms with van der Waals surface area (Å²) in [4.78, 5) is 25.5. The van der Waals surface area contributed by atoms with Gasteiger partial charge in [0, 0.05) is 24.3 Å². The van der Waals surface area contributed by atoms with Crippen molar-refractivity contribution in [2.75, 3.05) is 12.4 Å². The number of nitrogens with two attached hydrogens (primary N) is 1. The molecule has 0 radical (unpaired) electrons. The molecule has 0 fully saturated rings. The van der Waals surface area contributed by atoms with E-state index >= 15 is 0 Å². The number of hydrogen-bond donors (Lipinski definition) is 3.